The molecule has 5 nitrogen and oxygen atoms in total. The van der Waals surface area contributed by atoms with Gasteiger partial charge in [-0.3, -0.25) is 4.79 Å². The Kier molecular flexibility index (Phi) is 6.27. The van der Waals surface area contributed by atoms with E-state index in [0.717, 1.165) is 6.08 Å². The minimum atomic E-state index is -0.815. The zero-order chi connectivity index (χ0) is 21.7. The summed E-state index contributed by atoms with van der Waals surface area (Å²) in [6.07, 6.45) is 1.02. The van der Waals surface area contributed by atoms with Gasteiger partial charge in [-0.1, -0.05) is 55.1 Å². The van der Waals surface area contributed by atoms with Crippen LogP contribution < -0.4 is 14.2 Å². The van der Waals surface area contributed by atoms with Crippen molar-refractivity contribution in [2.24, 2.45) is 0 Å². The highest BCUT2D eigenvalue weighted by molar-refractivity contribution is 6.13. The van der Waals surface area contributed by atoms with Gasteiger partial charge in [0.05, 0.1) is 25.3 Å². The predicted molar refractivity (Wildman–Crippen MR) is 111 cm³/mol. The normalized spacial score (nSPS) is 10.2. The Labute approximate surface area is 173 Å². The predicted octanol–water partition coefficient (Wildman–Crippen LogP) is 5.10. The van der Waals surface area contributed by atoms with E-state index in [1.54, 1.807) is 60.7 Å². The van der Waals surface area contributed by atoms with E-state index in [0.29, 0.717) is 5.56 Å². The van der Waals surface area contributed by atoms with Gasteiger partial charge in [0.15, 0.2) is 17.3 Å². The molecule has 0 saturated carbocycles. The highest BCUT2D eigenvalue weighted by Gasteiger charge is 2.32. The first-order chi connectivity index (χ1) is 14.5. The van der Waals surface area contributed by atoms with Crippen molar-refractivity contribution in [3.05, 3.63) is 90.3 Å². The Balaban J connectivity index is 2.34. The number of methoxy groups -OCH3 is 2. The summed E-state index contributed by atoms with van der Waals surface area (Å²) in [6.45, 7) is 3.49. The van der Waals surface area contributed by atoms with Crippen molar-refractivity contribution in [2.45, 2.75) is 0 Å². The number of carbonyl (C=O) groups is 2. The van der Waals surface area contributed by atoms with Crippen molar-refractivity contribution in [3.63, 3.8) is 0 Å². The summed E-state index contributed by atoms with van der Waals surface area (Å²) in [5, 5.41) is 0. The van der Waals surface area contributed by atoms with Crippen molar-refractivity contribution in [1.29, 1.82) is 0 Å². The second-order valence-electron chi connectivity index (χ2n) is 6.15. The number of carbonyl (C=O) groups excluding carboxylic acids is 2. The Bertz CT molecular complexity index is 1090. The summed E-state index contributed by atoms with van der Waals surface area (Å²) in [6, 6.07) is 16.6. The third-order valence-electron chi connectivity index (χ3n) is 4.42. The number of ketones is 1. The second kappa shape index (κ2) is 9.05. The van der Waals surface area contributed by atoms with Crippen LogP contribution in [-0.4, -0.2) is 26.0 Å². The Hall–Kier alpha value is -3.93. The lowest BCUT2D eigenvalue weighted by molar-refractivity contribution is 0.0727. The van der Waals surface area contributed by atoms with Gasteiger partial charge < -0.3 is 14.2 Å². The lowest BCUT2D eigenvalue weighted by Crippen LogP contribution is -2.14. The molecule has 0 amide bonds. The van der Waals surface area contributed by atoms with Crippen molar-refractivity contribution in [1.82, 2.24) is 0 Å². The number of benzene rings is 3. The van der Waals surface area contributed by atoms with Gasteiger partial charge >= 0.3 is 5.97 Å². The number of esters is 1. The number of allylic oxidation sites excluding steroid dienone is 1. The van der Waals surface area contributed by atoms with Gasteiger partial charge in [0.1, 0.15) is 0 Å². The van der Waals surface area contributed by atoms with Crippen molar-refractivity contribution in [3.8, 4) is 28.4 Å². The molecule has 0 radical (unpaired) electrons. The Morgan fingerprint density at radius 1 is 0.867 bits per heavy atom. The molecule has 0 spiro atoms. The van der Waals surface area contributed by atoms with E-state index in [1.807, 2.05) is 0 Å². The fourth-order valence-electron chi connectivity index (χ4n) is 3.06. The fraction of sp³-hybridized carbons (Fsp3) is 0.0833. The Morgan fingerprint density at radius 2 is 1.43 bits per heavy atom. The molecular formula is C24H19FO5. The summed E-state index contributed by atoms with van der Waals surface area (Å²) in [5.41, 5.74) is 0.393. The van der Waals surface area contributed by atoms with E-state index in [2.05, 4.69) is 6.58 Å². The molecule has 0 fully saturated rings. The first kappa shape index (κ1) is 20.8. The second-order valence-corrected chi connectivity index (χ2v) is 6.15. The van der Waals surface area contributed by atoms with Gasteiger partial charge in [0.25, 0.3) is 0 Å². The number of halogens is 1. The maximum atomic E-state index is 15.5. The van der Waals surface area contributed by atoms with Gasteiger partial charge in [-0.2, -0.15) is 0 Å². The van der Waals surface area contributed by atoms with Crippen LogP contribution in [0.3, 0.4) is 0 Å². The van der Waals surface area contributed by atoms with Crippen LogP contribution in [0.2, 0.25) is 0 Å². The zero-order valence-corrected chi connectivity index (χ0v) is 16.5. The number of hydrogen-bond donors (Lipinski definition) is 0. The van der Waals surface area contributed by atoms with E-state index >= 15 is 4.39 Å². The summed E-state index contributed by atoms with van der Waals surface area (Å²) < 4.78 is 31.5. The molecule has 0 N–H and O–H groups in total. The standard InChI is InChI=1S/C24H19FO5/c1-4-17(26)19-18(15-11-7-5-8-12-15)20(25)22(28-2)23(29-3)21(19)30-24(27)16-13-9-6-10-14-16/h4-14H,1H2,2-3H3. The van der Waals surface area contributed by atoms with Gasteiger partial charge in [0.2, 0.25) is 11.5 Å². The molecule has 3 aromatic rings. The first-order valence-corrected chi connectivity index (χ1v) is 9.00. The highest BCUT2D eigenvalue weighted by Crippen LogP contribution is 2.48. The minimum absolute atomic E-state index is 0.0750. The number of rotatable bonds is 7. The molecule has 152 valence electrons. The SMILES string of the molecule is C=CC(=O)c1c(OC(=O)c2ccccc2)c(OC)c(OC)c(F)c1-c1ccccc1. The monoisotopic (exact) mass is 406 g/mol. The van der Waals surface area contributed by atoms with Gasteiger partial charge in [-0.25, -0.2) is 9.18 Å². The zero-order valence-electron chi connectivity index (χ0n) is 16.5. The van der Waals surface area contributed by atoms with Crippen LogP contribution in [0.5, 0.6) is 17.2 Å². The van der Waals surface area contributed by atoms with E-state index < -0.39 is 17.6 Å². The molecule has 0 bridgehead atoms. The smallest absolute Gasteiger partial charge is 0.343 e. The topological polar surface area (TPSA) is 61.8 Å². The van der Waals surface area contributed by atoms with Crippen LogP contribution in [0.15, 0.2) is 73.3 Å². The van der Waals surface area contributed by atoms with Gasteiger partial charge in [0, 0.05) is 5.56 Å². The number of ether oxygens (including phenoxy) is 3. The lowest BCUT2D eigenvalue weighted by atomic mass is 9.94. The quantitative estimate of drug-likeness (QED) is 0.237. The lowest BCUT2D eigenvalue weighted by Gasteiger charge is -2.20. The maximum Gasteiger partial charge on any atom is 0.343 e. The minimum Gasteiger partial charge on any atom is -0.490 e. The molecule has 3 aromatic carbocycles. The molecule has 0 unspecified atom stereocenters. The average molecular weight is 406 g/mol. The Morgan fingerprint density at radius 3 is 1.97 bits per heavy atom. The van der Waals surface area contributed by atoms with Crippen LogP contribution in [-0.2, 0) is 0 Å². The van der Waals surface area contributed by atoms with Crippen LogP contribution in [0.25, 0.3) is 11.1 Å². The molecule has 0 atom stereocenters. The molecule has 30 heavy (non-hydrogen) atoms. The largest absolute Gasteiger partial charge is 0.490 e. The molecular weight excluding hydrogens is 387 g/mol. The molecule has 3 rings (SSSR count). The van der Waals surface area contributed by atoms with Crippen molar-refractivity contribution < 1.29 is 28.2 Å². The van der Waals surface area contributed by atoms with Gasteiger partial charge in [-0.15, -0.1) is 0 Å². The average Bonchev–Trinajstić information content (AvgIpc) is 2.79. The fourth-order valence-corrected chi connectivity index (χ4v) is 3.06. The number of hydrogen-bond acceptors (Lipinski definition) is 5. The highest BCUT2D eigenvalue weighted by atomic mass is 19.1. The summed E-state index contributed by atoms with van der Waals surface area (Å²) >= 11 is 0. The van der Waals surface area contributed by atoms with Crippen molar-refractivity contribution in [2.75, 3.05) is 14.2 Å². The summed E-state index contributed by atoms with van der Waals surface area (Å²) in [4.78, 5) is 25.5. The van der Waals surface area contributed by atoms with Crippen LogP contribution in [0, 0.1) is 5.82 Å². The van der Waals surface area contributed by atoms with Crippen LogP contribution in [0.1, 0.15) is 20.7 Å². The van der Waals surface area contributed by atoms with Crippen LogP contribution >= 0.6 is 0 Å². The molecule has 6 heteroatoms. The third kappa shape index (κ3) is 3.80. The summed E-state index contributed by atoms with van der Waals surface area (Å²) in [7, 11) is 2.52. The molecule has 0 aliphatic rings. The van der Waals surface area contributed by atoms with Gasteiger partial charge in [-0.05, 0) is 23.8 Å². The molecule has 0 aliphatic heterocycles. The molecule has 0 saturated heterocycles. The third-order valence-corrected chi connectivity index (χ3v) is 4.42. The maximum absolute atomic E-state index is 15.5. The molecule has 0 aromatic heterocycles. The van der Waals surface area contributed by atoms with E-state index in [-0.39, 0.29) is 33.9 Å². The first-order valence-electron chi connectivity index (χ1n) is 9.00. The van der Waals surface area contributed by atoms with E-state index in [4.69, 9.17) is 14.2 Å². The van der Waals surface area contributed by atoms with E-state index in [1.165, 1.54) is 14.2 Å². The van der Waals surface area contributed by atoms with Crippen molar-refractivity contribution >= 4 is 11.8 Å². The summed E-state index contributed by atoms with van der Waals surface area (Å²) in [5.74, 6) is -2.92. The van der Waals surface area contributed by atoms with E-state index in [9.17, 15) is 9.59 Å². The molecule has 0 aliphatic carbocycles. The molecule has 0 heterocycles. The van der Waals surface area contributed by atoms with Crippen LogP contribution in [0.4, 0.5) is 4.39 Å².